The predicted molar refractivity (Wildman–Crippen MR) is 82.8 cm³/mol. The van der Waals surface area contributed by atoms with E-state index in [2.05, 4.69) is 33.6 Å². The first-order chi connectivity index (χ1) is 10.2. The van der Waals surface area contributed by atoms with Crippen LogP contribution in [0.1, 0.15) is 11.4 Å². The summed E-state index contributed by atoms with van der Waals surface area (Å²) in [6.07, 6.45) is 5.80. The number of rotatable bonds is 6. The number of carbonyl (C=O) groups excluding carboxylic acids is 1. The topological polar surface area (TPSA) is 59.8 Å². The van der Waals surface area contributed by atoms with Crippen LogP contribution in [0, 0.1) is 12.3 Å². The molecule has 0 aliphatic carbocycles. The average molecular weight is 300 g/mol. The summed E-state index contributed by atoms with van der Waals surface area (Å²) in [5, 5.41) is 11.6. The van der Waals surface area contributed by atoms with Gasteiger partial charge in [0.1, 0.15) is 5.82 Å². The molecular formula is C15H16N4OS. The lowest BCUT2D eigenvalue weighted by Gasteiger charge is -2.04. The number of terminal acetylenes is 1. The van der Waals surface area contributed by atoms with E-state index in [1.54, 1.807) is 0 Å². The Bertz CT molecular complexity index is 645. The van der Waals surface area contributed by atoms with Crippen molar-refractivity contribution >= 4 is 17.7 Å². The van der Waals surface area contributed by atoms with Gasteiger partial charge in [-0.25, -0.2) is 0 Å². The van der Waals surface area contributed by atoms with Crippen LogP contribution in [0.2, 0.25) is 0 Å². The van der Waals surface area contributed by atoms with Crippen LogP contribution in [-0.2, 0) is 18.3 Å². The predicted octanol–water partition coefficient (Wildman–Crippen LogP) is 1.25. The molecule has 1 aromatic carbocycles. The standard InChI is InChI=1S/C15H16N4OS/c1-3-9-16-14(20)11-21-15-18-17-13(19(15)2)10-12-7-5-4-6-8-12/h1,4-8H,9-11H2,2H3,(H,16,20). The Morgan fingerprint density at radius 3 is 2.86 bits per heavy atom. The minimum Gasteiger partial charge on any atom is -0.344 e. The van der Waals surface area contributed by atoms with Crippen molar-refractivity contribution in [2.75, 3.05) is 12.3 Å². The molecule has 2 aromatic rings. The number of hydrogen-bond acceptors (Lipinski definition) is 4. The van der Waals surface area contributed by atoms with Crippen molar-refractivity contribution in [3.05, 3.63) is 41.7 Å². The van der Waals surface area contributed by atoms with Crippen molar-refractivity contribution in [3.8, 4) is 12.3 Å². The fourth-order valence-electron chi connectivity index (χ4n) is 1.73. The van der Waals surface area contributed by atoms with Crippen LogP contribution in [0.5, 0.6) is 0 Å². The highest BCUT2D eigenvalue weighted by Gasteiger charge is 2.11. The highest BCUT2D eigenvalue weighted by Crippen LogP contribution is 2.16. The summed E-state index contributed by atoms with van der Waals surface area (Å²) in [4.78, 5) is 11.5. The molecule has 0 saturated carbocycles. The van der Waals surface area contributed by atoms with Crippen LogP contribution in [0.15, 0.2) is 35.5 Å². The number of aromatic nitrogens is 3. The van der Waals surface area contributed by atoms with Gasteiger partial charge < -0.3 is 9.88 Å². The van der Waals surface area contributed by atoms with Gasteiger partial charge in [0.25, 0.3) is 0 Å². The van der Waals surface area contributed by atoms with Crippen molar-refractivity contribution in [2.45, 2.75) is 11.6 Å². The monoisotopic (exact) mass is 300 g/mol. The lowest BCUT2D eigenvalue weighted by molar-refractivity contribution is -0.118. The number of amides is 1. The van der Waals surface area contributed by atoms with Crippen molar-refractivity contribution in [2.24, 2.45) is 7.05 Å². The number of benzene rings is 1. The normalized spacial score (nSPS) is 10.1. The van der Waals surface area contributed by atoms with Crippen molar-refractivity contribution in [3.63, 3.8) is 0 Å². The van der Waals surface area contributed by atoms with Crippen LogP contribution >= 0.6 is 11.8 Å². The van der Waals surface area contributed by atoms with Gasteiger partial charge in [-0.1, -0.05) is 48.0 Å². The second-order valence-electron chi connectivity index (χ2n) is 4.39. The first kappa shape index (κ1) is 15.1. The summed E-state index contributed by atoms with van der Waals surface area (Å²) < 4.78 is 1.91. The SMILES string of the molecule is C#CCNC(=O)CSc1nnc(Cc2ccccc2)n1C. The van der Waals surface area contributed by atoms with Gasteiger partial charge in [-0.15, -0.1) is 16.6 Å². The molecule has 0 spiro atoms. The zero-order chi connectivity index (χ0) is 15.1. The first-order valence-corrected chi connectivity index (χ1v) is 7.44. The molecule has 0 aliphatic heterocycles. The third kappa shape index (κ3) is 4.36. The van der Waals surface area contributed by atoms with Gasteiger partial charge in [-0.3, -0.25) is 4.79 Å². The molecule has 0 atom stereocenters. The van der Waals surface area contributed by atoms with E-state index in [1.165, 1.54) is 17.3 Å². The smallest absolute Gasteiger partial charge is 0.231 e. The van der Waals surface area contributed by atoms with Gasteiger partial charge in [0.05, 0.1) is 12.3 Å². The molecule has 6 heteroatoms. The quantitative estimate of drug-likeness (QED) is 0.644. The molecule has 0 unspecified atom stereocenters. The zero-order valence-electron chi connectivity index (χ0n) is 11.7. The molecule has 21 heavy (non-hydrogen) atoms. The Balaban J connectivity index is 1.94. The lowest BCUT2D eigenvalue weighted by Crippen LogP contribution is -2.25. The van der Waals surface area contributed by atoms with Crippen molar-refractivity contribution < 1.29 is 4.79 Å². The van der Waals surface area contributed by atoms with E-state index in [-0.39, 0.29) is 18.2 Å². The Labute approximate surface area is 128 Å². The Hall–Kier alpha value is -2.26. The summed E-state index contributed by atoms with van der Waals surface area (Å²) >= 11 is 1.35. The summed E-state index contributed by atoms with van der Waals surface area (Å²) in [7, 11) is 1.90. The molecule has 1 amide bonds. The van der Waals surface area contributed by atoms with Crippen LogP contribution in [0.25, 0.3) is 0 Å². The average Bonchev–Trinajstić information content (AvgIpc) is 2.85. The van der Waals surface area contributed by atoms with Crippen LogP contribution in [0.3, 0.4) is 0 Å². The Morgan fingerprint density at radius 1 is 1.38 bits per heavy atom. The van der Waals surface area contributed by atoms with Gasteiger partial charge in [0.15, 0.2) is 5.16 Å². The molecule has 5 nitrogen and oxygen atoms in total. The lowest BCUT2D eigenvalue weighted by atomic mass is 10.1. The van der Waals surface area contributed by atoms with E-state index in [9.17, 15) is 4.79 Å². The van der Waals surface area contributed by atoms with E-state index >= 15 is 0 Å². The first-order valence-electron chi connectivity index (χ1n) is 6.46. The molecule has 1 aromatic heterocycles. The maximum atomic E-state index is 11.5. The number of carbonyl (C=O) groups is 1. The minimum absolute atomic E-state index is 0.106. The van der Waals surface area contributed by atoms with Crippen LogP contribution < -0.4 is 5.32 Å². The molecule has 0 aliphatic rings. The highest BCUT2D eigenvalue weighted by atomic mass is 32.2. The van der Waals surface area contributed by atoms with E-state index in [1.807, 2.05) is 29.8 Å². The fraction of sp³-hybridized carbons (Fsp3) is 0.267. The second kappa shape index (κ2) is 7.50. The van der Waals surface area contributed by atoms with Crippen LogP contribution in [0.4, 0.5) is 0 Å². The van der Waals surface area contributed by atoms with E-state index in [0.29, 0.717) is 6.42 Å². The number of thioether (sulfide) groups is 1. The van der Waals surface area contributed by atoms with Crippen molar-refractivity contribution in [1.29, 1.82) is 0 Å². The fourth-order valence-corrected chi connectivity index (χ4v) is 2.49. The minimum atomic E-state index is -0.106. The Kier molecular flexibility index (Phi) is 5.41. The third-order valence-electron chi connectivity index (χ3n) is 2.85. The zero-order valence-corrected chi connectivity index (χ0v) is 12.6. The molecule has 1 heterocycles. The van der Waals surface area contributed by atoms with Crippen LogP contribution in [-0.4, -0.2) is 33.0 Å². The van der Waals surface area contributed by atoms with E-state index < -0.39 is 0 Å². The molecule has 108 valence electrons. The summed E-state index contributed by atoms with van der Waals surface area (Å²) in [6.45, 7) is 0.247. The van der Waals surface area contributed by atoms with Crippen molar-refractivity contribution in [1.82, 2.24) is 20.1 Å². The van der Waals surface area contributed by atoms with E-state index in [0.717, 1.165) is 11.0 Å². The molecule has 1 N–H and O–H groups in total. The summed E-state index contributed by atoms with van der Waals surface area (Å²) in [5.74, 6) is 3.40. The number of hydrogen-bond donors (Lipinski definition) is 1. The molecule has 0 saturated heterocycles. The second-order valence-corrected chi connectivity index (χ2v) is 5.33. The molecule has 2 rings (SSSR count). The van der Waals surface area contributed by atoms with Gasteiger partial charge in [0, 0.05) is 13.5 Å². The van der Waals surface area contributed by atoms with Gasteiger partial charge in [0.2, 0.25) is 5.91 Å². The maximum Gasteiger partial charge on any atom is 0.231 e. The Morgan fingerprint density at radius 2 is 2.14 bits per heavy atom. The van der Waals surface area contributed by atoms with Gasteiger partial charge in [-0.05, 0) is 5.56 Å². The molecule has 0 bridgehead atoms. The highest BCUT2D eigenvalue weighted by molar-refractivity contribution is 7.99. The summed E-state index contributed by atoms with van der Waals surface area (Å²) in [6, 6.07) is 10.1. The molecule has 0 fully saturated rings. The maximum absolute atomic E-state index is 11.5. The largest absolute Gasteiger partial charge is 0.344 e. The molecular weight excluding hydrogens is 284 g/mol. The third-order valence-corrected chi connectivity index (χ3v) is 3.87. The van der Waals surface area contributed by atoms with E-state index in [4.69, 9.17) is 6.42 Å². The van der Waals surface area contributed by atoms with Gasteiger partial charge in [-0.2, -0.15) is 0 Å². The van der Waals surface area contributed by atoms with Gasteiger partial charge >= 0.3 is 0 Å². The summed E-state index contributed by atoms with van der Waals surface area (Å²) in [5.41, 5.74) is 1.18. The number of nitrogens with zero attached hydrogens (tertiary/aromatic N) is 3. The molecule has 0 radical (unpaired) electrons. The number of nitrogens with one attached hydrogen (secondary N) is 1.